The highest BCUT2D eigenvalue weighted by Gasteiger charge is 2.22. The third kappa shape index (κ3) is 4.08. The molecule has 1 atom stereocenters. The average molecular weight is 346 g/mol. The molecule has 1 unspecified atom stereocenters. The Morgan fingerprint density at radius 3 is 2.58 bits per heavy atom. The van der Waals surface area contributed by atoms with E-state index in [1.54, 1.807) is 11.3 Å². The number of carbonyl (C=O) groups is 1. The Hall–Kier alpha value is -1.59. The fourth-order valence-electron chi connectivity index (χ4n) is 3.27. The number of hydrogen-bond donors (Lipinski definition) is 2. The number of thiophene rings is 1. The zero-order chi connectivity index (χ0) is 17.1. The number of nitrogens with zero attached hydrogens (tertiary/aromatic N) is 1. The van der Waals surface area contributed by atoms with Crippen LogP contribution in [0.4, 0.5) is 4.79 Å². The number of carbonyl (C=O) groups excluding carboxylic acids is 1. The van der Waals surface area contributed by atoms with E-state index >= 15 is 0 Å². The molecule has 0 aliphatic carbocycles. The summed E-state index contributed by atoms with van der Waals surface area (Å²) in [5.74, 6) is 0. The van der Waals surface area contributed by atoms with E-state index in [4.69, 9.17) is 0 Å². The highest BCUT2D eigenvalue weighted by atomic mass is 32.1. The molecule has 1 aromatic heterocycles. The number of rotatable bonds is 4. The van der Waals surface area contributed by atoms with Crippen molar-refractivity contribution in [2.75, 3.05) is 13.1 Å². The molecule has 4 nitrogen and oxygen atoms in total. The molecule has 0 bridgehead atoms. The van der Waals surface area contributed by atoms with E-state index in [1.165, 1.54) is 15.0 Å². The molecule has 1 aliphatic rings. The monoisotopic (exact) mass is 345 g/mol. The van der Waals surface area contributed by atoms with Gasteiger partial charge in [0.1, 0.15) is 0 Å². The van der Waals surface area contributed by atoms with Crippen LogP contribution in [0.2, 0.25) is 0 Å². The van der Waals surface area contributed by atoms with Crippen molar-refractivity contribution in [3.63, 3.8) is 0 Å². The summed E-state index contributed by atoms with van der Waals surface area (Å²) >= 11 is 1.75. The third-order valence-electron chi connectivity index (χ3n) is 4.81. The minimum atomic E-state index is -0.0528. The maximum atomic E-state index is 12.3. The first-order valence-corrected chi connectivity index (χ1v) is 9.64. The fourth-order valence-corrected chi connectivity index (χ4v) is 4.34. The smallest absolute Gasteiger partial charge is 0.315 e. The lowest BCUT2D eigenvalue weighted by Crippen LogP contribution is -2.49. The maximum Gasteiger partial charge on any atom is 0.315 e. The fraction of sp³-hybridized carbons (Fsp3) is 0.526. The van der Waals surface area contributed by atoms with E-state index in [0.29, 0.717) is 6.04 Å². The van der Waals surface area contributed by atoms with Crippen LogP contribution < -0.4 is 10.6 Å². The van der Waals surface area contributed by atoms with Gasteiger partial charge in [0.05, 0.1) is 6.04 Å². The second kappa shape index (κ2) is 7.53. The first kappa shape index (κ1) is 17.2. The molecule has 0 spiro atoms. The first-order chi connectivity index (χ1) is 11.5. The van der Waals surface area contributed by atoms with Crippen molar-refractivity contribution in [2.24, 2.45) is 0 Å². The van der Waals surface area contributed by atoms with Gasteiger partial charge in [-0.2, -0.15) is 0 Å². The van der Waals surface area contributed by atoms with Gasteiger partial charge in [-0.25, -0.2) is 4.79 Å². The van der Waals surface area contributed by atoms with Crippen LogP contribution in [-0.4, -0.2) is 36.1 Å². The number of piperidine rings is 1. The number of likely N-dealkylation sites (tertiary alicyclic amines) is 1. The number of amides is 2. The number of urea groups is 1. The number of nitrogens with one attached hydrogen (secondary N) is 2. The molecule has 0 saturated carbocycles. The Morgan fingerprint density at radius 2 is 1.92 bits per heavy atom. The second-order valence-corrected chi connectivity index (χ2v) is 8.05. The molecule has 1 aromatic carbocycles. The van der Waals surface area contributed by atoms with Crippen molar-refractivity contribution < 1.29 is 4.79 Å². The highest BCUT2D eigenvalue weighted by molar-refractivity contribution is 7.19. The van der Waals surface area contributed by atoms with Gasteiger partial charge in [-0.1, -0.05) is 18.2 Å². The van der Waals surface area contributed by atoms with Crippen molar-refractivity contribution >= 4 is 27.5 Å². The van der Waals surface area contributed by atoms with E-state index in [2.05, 4.69) is 53.6 Å². The van der Waals surface area contributed by atoms with Crippen LogP contribution in [0.15, 0.2) is 30.3 Å². The molecule has 2 heterocycles. The summed E-state index contributed by atoms with van der Waals surface area (Å²) in [4.78, 5) is 16.0. The zero-order valence-electron chi connectivity index (χ0n) is 14.7. The van der Waals surface area contributed by atoms with Crippen molar-refractivity contribution in [3.05, 3.63) is 35.2 Å². The minimum absolute atomic E-state index is 0.0261. The number of hydrogen-bond acceptors (Lipinski definition) is 3. The highest BCUT2D eigenvalue weighted by Crippen LogP contribution is 2.29. The molecule has 130 valence electrons. The Labute approximate surface area is 148 Å². The largest absolute Gasteiger partial charge is 0.335 e. The van der Waals surface area contributed by atoms with Gasteiger partial charge >= 0.3 is 6.03 Å². The molecule has 1 aliphatic heterocycles. The topological polar surface area (TPSA) is 44.4 Å². The standard InChI is InChI=1S/C19H27N3OS/c1-13(2)22-10-8-16(9-11-22)21-19(23)20-14(3)18-12-15-6-4-5-7-17(15)24-18/h4-7,12-14,16H,8-11H2,1-3H3,(H2,20,21,23). The molecule has 2 aromatic rings. The van der Waals surface area contributed by atoms with Crippen LogP contribution in [0, 0.1) is 0 Å². The summed E-state index contributed by atoms with van der Waals surface area (Å²) < 4.78 is 1.27. The van der Waals surface area contributed by atoms with Crippen LogP contribution >= 0.6 is 11.3 Å². The SMILES string of the molecule is CC(NC(=O)NC1CCN(C(C)C)CC1)c1cc2ccccc2s1. The molecule has 1 fully saturated rings. The summed E-state index contributed by atoms with van der Waals surface area (Å²) in [7, 11) is 0. The van der Waals surface area contributed by atoms with Gasteiger partial charge in [0, 0.05) is 34.8 Å². The van der Waals surface area contributed by atoms with Gasteiger partial charge in [-0.3, -0.25) is 0 Å². The average Bonchev–Trinajstić information content (AvgIpc) is 2.99. The molecular weight excluding hydrogens is 318 g/mol. The number of benzene rings is 1. The molecule has 1 saturated heterocycles. The van der Waals surface area contributed by atoms with Crippen LogP contribution in [0.3, 0.4) is 0 Å². The molecule has 3 rings (SSSR count). The van der Waals surface area contributed by atoms with E-state index in [9.17, 15) is 4.79 Å². The van der Waals surface area contributed by atoms with Gasteiger partial charge in [0.25, 0.3) is 0 Å². The van der Waals surface area contributed by atoms with Gasteiger partial charge in [0.15, 0.2) is 0 Å². The predicted molar refractivity (Wildman–Crippen MR) is 102 cm³/mol. The molecule has 24 heavy (non-hydrogen) atoms. The van der Waals surface area contributed by atoms with E-state index in [1.807, 2.05) is 13.0 Å². The van der Waals surface area contributed by atoms with Crippen LogP contribution in [0.25, 0.3) is 10.1 Å². The normalized spacial score (nSPS) is 18.0. The van der Waals surface area contributed by atoms with Crippen molar-refractivity contribution in [2.45, 2.75) is 51.7 Å². The summed E-state index contributed by atoms with van der Waals surface area (Å²) in [6.45, 7) is 8.63. The van der Waals surface area contributed by atoms with Gasteiger partial charge in [-0.05, 0) is 51.1 Å². The summed E-state index contributed by atoms with van der Waals surface area (Å²) in [5, 5.41) is 7.47. The molecule has 2 N–H and O–H groups in total. The van der Waals surface area contributed by atoms with Crippen LogP contribution in [0.1, 0.15) is 44.5 Å². The predicted octanol–water partition coefficient (Wildman–Crippen LogP) is 4.13. The van der Waals surface area contributed by atoms with Crippen LogP contribution in [0.5, 0.6) is 0 Å². The van der Waals surface area contributed by atoms with Gasteiger partial charge in [0.2, 0.25) is 0 Å². The Balaban J connectivity index is 1.51. The van der Waals surface area contributed by atoms with E-state index in [0.717, 1.165) is 25.9 Å². The Bertz CT molecular complexity index is 656. The Morgan fingerprint density at radius 1 is 1.21 bits per heavy atom. The zero-order valence-corrected chi connectivity index (χ0v) is 15.5. The van der Waals surface area contributed by atoms with Crippen molar-refractivity contribution in [1.82, 2.24) is 15.5 Å². The minimum Gasteiger partial charge on any atom is -0.335 e. The second-order valence-electron chi connectivity index (χ2n) is 6.93. The first-order valence-electron chi connectivity index (χ1n) is 8.82. The molecule has 5 heteroatoms. The summed E-state index contributed by atoms with van der Waals surface area (Å²) in [5.41, 5.74) is 0. The lowest BCUT2D eigenvalue weighted by molar-refractivity contribution is 0.161. The van der Waals surface area contributed by atoms with Gasteiger partial charge in [-0.15, -0.1) is 11.3 Å². The van der Waals surface area contributed by atoms with E-state index < -0.39 is 0 Å². The molecule has 0 radical (unpaired) electrons. The van der Waals surface area contributed by atoms with Crippen molar-refractivity contribution in [3.8, 4) is 0 Å². The maximum absolute atomic E-state index is 12.3. The Kier molecular flexibility index (Phi) is 5.41. The van der Waals surface area contributed by atoms with E-state index in [-0.39, 0.29) is 18.1 Å². The van der Waals surface area contributed by atoms with Gasteiger partial charge < -0.3 is 15.5 Å². The number of fused-ring (bicyclic) bond motifs is 1. The van der Waals surface area contributed by atoms with Crippen LogP contribution in [-0.2, 0) is 0 Å². The molecule has 2 amide bonds. The lowest BCUT2D eigenvalue weighted by Gasteiger charge is -2.35. The summed E-state index contributed by atoms with van der Waals surface area (Å²) in [6.07, 6.45) is 2.06. The quantitative estimate of drug-likeness (QED) is 0.875. The summed E-state index contributed by atoms with van der Waals surface area (Å²) in [6, 6.07) is 11.4. The third-order valence-corrected chi connectivity index (χ3v) is 6.11. The lowest BCUT2D eigenvalue weighted by atomic mass is 10.0. The molecular formula is C19H27N3OS. The van der Waals surface area contributed by atoms with Crippen molar-refractivity contribution in [1.29, 1.82) is 0 Å².